The maximum absolute atomic E-state index is 13.5. The number of Topliss-reactive ketones (excluding diaryl/α,β-unsaturated/α-hetero) is 1. The molecule has 0 aromatic heterocycles. The Kier molecular flexibility index (Phi) is 3.69. The molecule has 0 heterocycles. The van der Waals surface area contributed by atoms with Gasteiger partial charge in [-0.3, -0.25) is 4.79 Å². The molecule has 0 bridgehead atoms. The quantitative estimate of drug-likeness (QED) is 0.781. The normalized spacial score (nSPS) is 10.2. The first-order valence-electron chi connectivity index (χ1n) is 5.19. The predicted octanol–water partition coefficient (Wildman–Crippen LogP) is 4.01. The number of hydrogen-bond acceptors (Lipinski definition) is 1. The van der Waals surface area contributed by atoms with Gasteiger partial charge in [-0.05, 0) is 23.8 Å². The predicted molar refractivity (Wildman–Crippen MR) is 68.6 cm³/mol. The van der Waals surface area contributed by atoms with E-state index in [0.29, 0.717) is 4.47 Å². The summed E-state index contributed by atoms with van der Waals surface area (Å²) < 4.78 is 14.2. The molecule has 2 aromatic rings. The van der Waals surface area contributed by atoms with Gasteiger partial charge >= 0.3 is 0 Å². The molecule has 2 aromatic carbocycles. The fourth-order valence-electron chi connectivity index (χ4n) is 1.59. The Morgan fingerprint density at radius 3 is 2.53 bits per heavy atom. The molecule has 0 spiro atoms. The number of ketones is 1. The average Bonchev–Trinajstić information content (AvgIpc) is 2.33. The average molecular weight is 293 g/mol. The van der Waals surface area contributed by atoms with Crippen LogP contribution in [0.4, 0.5) is 4.39 Å². The lowest BCUT2D eigenvalue weighted by atomic mass is 10.0. The number of halogens is 2. The van der Waals surface area contributed by atoms with Crippen molar-refractivity contribution in [1.82, 2.24) is 0 Å². The van der Waals surface area contributed by atoms with Crippen molar-refractivity contribution in [3.05, 3.63) is 69.9 Å². The molecule has 0 amide bonds. The molecule has 0 atom stereocenters. The molecule has 3 heteroatoms. The molecule has 0 radical (unpaired) electrons. The van der Waals surface area contributed by atoms with E-state index in [0.717, 1.165) is 5.56 Å². The molecule has 0 unspecified atom stereocenters. The summed E-state index contributed by atoms with van der Waals surface area (Å²) in [6.07, 6.45) is 0.216. The largest absolute Gasteiger partial charge is 0.294 e. The molecule has 0 N–H and O–H groups in total. The van der Waals surface area contributed by atoms with Gasteiger partial charge in [0.25, 0.3) is 0 Å². The Hall–Kier alpha value is -1.48. The minimum atomic E-state index is -0.478. The maximum atomic E-state index is 13.5. The first-order chi connectivity index (χ1) is 8.16. The lowest BCUT2D eigenvalue weighted by Gasteiger charge is -2.03. The van der Waals surface area contributed by atoms with Gasteiger partial charge in [0.05, 0.1) is 5.56 Å². The van der Waals surface area contributed by atoms with Gasteiger partial charge in [-0.15, -0.1) is 0 Å². The second kappa shape index (κ2) is 5.23. The fourth-order valence-corrected chi connectivity index (χ4v) is 1.95. The Morgan fingerprint density at radius 2 is 1.82 bits per heavy atom. The van der Waals surface area contributed by atoms with Gasteiger partial charge in [0.1, 0.15) is 5.82 Å². The van der Waals surface area contributed by atoms with Crippen LogP contribution in [0.1, 0.15) is 15.9 Å². The molecular formula is C14H10BrFO. The van der Waals surface area contributed by atoms with Crippen LogP contribution in [0, 0.1) is 5.82 Å². The maximum Gasteiger partial charge on any atom is 0.170 e. The van der Waals surface area contributed by atoms with Crippen LogP contribution in [-0.4, -0.2) is 5.78 Å². The molecule has 0 fully saturated rings. The first kappa shape index (κ1) is 12.0. The van der Waals surface area contributed by atoms with E-state index >= 15 is 0 Å². The van der Waals surface area contributed by atoms with Crippen molar-refractivity contribution in [3.8, 4) is 0 Å². The summed E-state index contributed by atoms with van der Waals surface area (Å²) in [6.45, 7) is 0. The van der Waals surface area contributed by atoms with Gasteiger partial charge in [0, 0.05) is 10.9 Å². The van der Waals surface area contributed by atoms with Crippen LogP contribution >= 0.6 is 15.9 Å². The Bertz CT molecular complexity index is 537. The Labute approximate surface area is 107 Å². The summed E-state index contributed by atoms with van der Waals surface area (Å²) in [7, 11) is 0. The highest BCUT2D eigenvalue weighted by molar-refractivity contribution is 9.10. The van der Waals surface area contributed by atoms with Crippen LogP contribution in [0.25, 0.3) is 0 Å². The molecule has 0 saturated heterocycles. The summed E-state index contributed by atoms with van der Waals surface area (Å²) in [5, 5.41) is 0. The molecule has 0 aliphatic rings. The van der Waals surface area contributed by atoms with E-state index in [1.165, 1.54) is 12.1 Å². The molecule has 0 aliphatic heterocycles. The van der Waals surface area contributed by atoms with Crippen molar-refractivity contribution in [1.29, 1.82) is 0 Å². The van der Waals surface area contributed by atoms with E-state index < -0.39 is 5.82 Å². The number of rotatable bonds is 3. The van der Waals surface area contributed by atoms with Gasteiger partial charge in [0.15, 0.2) is 5.78 Å². The molecule has 0 aliphatic carbocycles. The van der Waals surface area contributed by atoms with Crippen LogP contribution in [-0.2, 0) is 6.42 Å². The number of carbonyl (C=O) groups is 1. The second-order valence-corrected chi connectivity index (χ2v) is 4.63. The van der Waals surface area contributed by atoms with Crippen LogP contribution in [0.15, 0.2) is 53.0 Å². The highest BCUT2D eigenvalue weighted by Gasteiger charge is 2.12. The SMILES string of the molecule is O=C(Cc1ccccc1)c1cc(Br)ccc1F. The standard InChI is InChI=1S/C14H10BrFO/c15-11-6-7-13(16)12(9-11)14(17)8-10-4-2-1-3-5-10/h1-7,9H,8H2. The Balaban J connectivity index is 2.23. The number of carbonyl (C=O) groups excluding carboxylic acids is 1. The van der Waals surface area contributed by atoms with E-state index in [2.05, 4.69) is 15.9 Å². The monoisotopic (exact) mass is 292 g/mol. The van der Waals surface area contributed by atoms with Crippen LogP contribution < -0.4 is 0 Å². The molecule has 0 saturated carbocycles. The minimum Gasteiger partial charge on any atom is -0.294 e. The number of hydrogen-bond donors (Lipinski definition) is 0. The van der Waals surface area contributed by atoms with Gasteiger partial charge in [-0.1, -0.05) is 46.3 Å². The summed E-state index contributed by atoms with van der Waals surface area (Å²) in [6, 6.07) is 13.7. The Morgan fingerprint density at radius 1 is 1.12 bits per heavy atom. The molecule has 1 nitrogen and oxygen atoms in total. The van der Waals surface area contributed by atoms with Crippen molar-refractivity contribution in [2.24, 2.45) is 0 Å². The van der Waals surface area contributed by atoms with Crippen molar-refractivity contribution < 1.29 is 9.18 Å². The van der Waals surface area contributed by atoms with E-state index in [9.17, 15) is 9.18 Å². The van der Waals surface area contributed by atoms with E-state index in [-0.39, 0.29) is 17.8 Å². The fraction of sp³-hybridized carbons (Fsp3) is 0.0714. The van der Waals surface area contributed by atoms with Crippen LogP contribution in [0.2, 0.25) is 0 Å². The van der Waals surface area contributed by atoms with Crippen molar-refractivity contribution in [2.75, 3.05) is 0 Å². The first-order valence-corrected chi connectivity index (χ1v) is 5.98. The second-order valence-electron chi connectivity index (χ2n) is 3.71. The molecule has 2 rings (SSSR count). The number of benzene rings is 2. The van der Waals surface area contributed by atoms with Gasteiger partial charge < -0.3 is 0 Å². The highest BCUT2D eigenvalue weighted by atomic mass is 79.9. The van der Waals surface area contributed by atoms with Crippen LogP contribution in [0.3, 0.4) is 0 Å². The summed E-state index contributed by atoms with van der Waals surface area (Å²) in [4.78, 5) is 11.9. The zero-order valence-electron chi connectivity index (χ0n) is 8.99. The summed E-state index contributed by atoms with van der Waals surface area (Å²) in [5.74, 6) is -0.691. The third-order valence-corrected chi connectivity index (χ3v) is 2.93. The molecule has 86 valence electrons. The third kappa shape index (κ3) is 3.01. The lowest BCUT2D eigenvalue weighted by Crippen LogP contribution is -2.06. The topological polar surface area (TPSA) is 17.1 Å². The zero-order chi connectivity index (χ0) is 12.3. The lowest BCUT2D eigenvalue weighted by molar-refractivity contribution is 0.0989. The van der Waals surface area contributed by atoms with Crippen molar-refractivity contribution in [3.63, 3.8) is 0 Å². The summed E-state index contributed by atoms with van der Waals surface area (Å²) >= 11 is 3.23. The van der Waals surface area contributed by atoms with Gasteiger partial charge in [-0.25, -0.2) is 4.39 Å². The molecule has 17 heavy (non-hydrogen) atoms. The van der Waals surface area contributed by atoms with E-state index in [4.69, 9.17) is 0 Å². The van der Waals surface area contributed by atoms with E-state index in [1.807, 2.05) is 30.3 Å². The highest BCUT2D eigenvalue weighted by Crippen LogP contribution is 2.17. The van der Waals surface area contributed by atoms with Gasteiger partial charge in [0.2, 0.25) is 0 Å². The third-order valence-electron chi connectivity index (χ3n) is 2.44. The molecular weight excluding hydrogens is 283 g/mol. The van der Waals surface area contributed by atoms with Crippen molar-refractivity contribution >= 4 is 21.7 Å². The zero-order valence-corrected chi connectivity index (χ0v) is 10.6. The van der Waals surface area contributed by atoms with Crippen molar-refractivity contribution in [2.45, 2.75) is 6.42 Å². The minimum absolute atomic E-state index is 0.128. The van der Waals surface area contributed by atoms with Crippen LogP contribution in [0.5, 0.6) is 0 Å². The smallest absolute Gasteiger partial charge is 0.170 e. The van der Waals surface area contributed by atoms with Gasteiger partial charge in [-0.2, -0.15) is 0 Å². The summed E-state index contributed by atoms with van der Waals surface area (Å²) in [5.41, 5.74) is 1.01. The van der Waals surface area contributed by atoms with E-state index in [1.54, 1.807) is 6.07 Å².